The van der Waals surface area contributed by atoms with Crippen LogP contribution in [0, 0.1) is 6.92 Å². The number of hydrogen-bond acceptors (Lipinski definition) is 4. The van der Waals surface area contributed by atoms with E-state index in [4.69, 9.17) is 0 Å². The molecule has 1 aliphatic rings. The smallest absolute Gasteiger partial charge is 0.324 e. The minimum atomic E-state index is -0.331. The van der Waals surface area contributed by atoms with Crippen molar-refractivity contribution >= 4 is 53.2 Å². The minimum Gasteiger partial charge on any atom is -0.357 e. The third-order valence-corrected chi connectivity index (χ3v) is 4.27. The van der Waals surface area contributed by atoms with E-state index >= 15 is 0 Å². The van der Waals surface area contributed by atoms with Crippen LogP contribution < -0.4 is 16.0 Å². The highest BCUT2D eigenvalue weighted by Crippen LogP contribution is 2.16. The number of urea groups is 1. The molecular weight excluding hydrogens is 429 g/mol. The highest BCUT2D eigenvalue weighted by Gasteiger charge is 2.27. The van der Waals surface area contributed by atoms with Crippen molar-refractivity contribution in [2.24, 2.45) is 4.99 Å². The Balaban J connectivity index is 0.00000264. The molecule has 1 aromatic rings. The summed E-state index contributed by atoms with van der Waals surface area (Å²) in [6, 6.07) is 1.75. The lowest BCUT2D eigenvalue weighted by molar-refractivity contribution is -0.124. The summed E-state index contributed by atoms with van der Waals surface area (Å²) in [7, 11) is 0. The number of halogens is 1. The lowest BCUT2D eigenvalue weighted by Crippen LogP contribution is -2.43. The zero-order valence-corrected chi connectivity index (χ0v) is 16.4. The summed E-state index contributed by atoms with van der Waals surface area (Å²) < 4.78 is 0. The van der Waals surface area contributed by atoms with Crippen molar-refractivity contribution in [3.8, 4) is 0 Å². The number of nitrogens with zero attached hydrogens (tertiary/aromatic N) is 2. The fourth-order valence-corrected chi connectivity index (χ4v) is 2.86. The number of hydrogen-bond donors (Lipinski definition) is 3. The Kier molecular flexibility index (Phi) is 8.31. The Morgan fingerprint density at radius 1 is 1.43 bits per heavy atom. The van der Waals surface area contributed by atoms with Crippen LogP contribution >= 0.6 is 35.3 Å². The number of nitrogens with one attached hydrogen (secondary N) is 3. The monoisotopic (exact) mass is 451 g/mol. The van der Waals surface area contributed by atoms with E-state index in [9.17, 15) is 9.59 Å². The summed E-state index contributed by atoms with van der Waals surface area (Å²) in [6.45, 7) is 6.30. The molecule has 9 heteroatoms. The van der Waals surface area contributed by atoms with Crippen molar-refractivity contribution in [2.75, 3.05) is 26.2 Å². The maximum Gasteiger partial charge on any atom is 0.324 e. The Hall–Kier alpha value is -1.36. The summed E-state index contributed by atoms with van der Waals surface area (Å²) in [5.74, 6) is 0.491. The van der Waals surface area contributed by atoms with Gasteiger partial charge in [-0.1, -0.05) is 0 Å². The third-order valence-electron chi connectivity index (χ3n) is 3.26. The summed E-state index contributed by atoms with van der Waals surface area (Å²) in [5, 5.41) is 10.8. The van der Waals surface area contributed by atoms with Crippen LogP contribution in [0.5, 0.6) is 0 Å². The third kappa shape index (κ3) is 5.65. The molecule has 0 radical (unpaired) electrons. The number of carbonyl (C=O) groups is 2. The molecule has 0 spiro atoms. The van der Waals surface area contributed by atoms with Crippen molar-refractivity contribution in [3.63, 3.8) is 0 Å². The molecule has 128 valence electrons. The second-order valence-electron chi connectivity index (χ2n) is 4.85. The van der Waals surface area contributed by atoms with Gasteiger partial charge in [-0.25, -0.2) is 9.79 Å². The van der Waals surface area contributed by atoms with Crippen LogP contribution in [0.1, 0.15) is 17.4 Å². The minimum absolute atomic E-state index is 0. The first-order valence-electron chi connectivity index (χ1n) is 7.25. The number of guanidine groups is 1. The first kappa shape index (κ1) is 19.7. The molecule has 2 rings (SSSR count). The number of imide groups is 1. The van der Waals surface area contributed by atoms with Crippen molar-refractivity contribution in [1.29, 1.82) is 0 Å². The lowest BCUT2D eigenvalue weighted by Gasteiger charge is -2.15. The molecule has 0 unspecified atom stereocenters. The Labute approximate surface area is 156 Å². The topological polar surface area (TPSA) is 85.8 Å². The van der Waals surface area contributed by atoms with E-state index in [2.05, 4.69) is 39.3 Å². The number of rotatable bonds is 6. The molecule has 3 amide bonds. The van der Waals surface area contributed by atoms with E-state index in [1.807, 2.05) is 6.92 Å². The number of thiophene rings is 1. The van der Waals surface area contributed by atoms with Gasteiger partial charge in [0.25, 0.3) is 0 Å². The standard InChI is InChI=1S/C14H21N5O2S.HI/c1-3-15-13(17-8-11-10(2)4-7-22-11)16-5-6-19-12(20)9-18-14(19)21;/h4,7H,3,5-6,8-9H2,1-2H3,(H,18,21)(H2,15,16,17);1H. The first-order valence-corrected chi connectivity index (χ1v) is 8.13. The molecule has 2 heterocycles. The fourth-order valence-electron chi connectivity index (χ4n) is 2.03. The van der Waals surface area contributed by atoms with Crippen LogP contribution in [-0.2, 0) is 11.3 Å². The van der Waals surface area contributed by atoms with Crippen LogP contribution in [0.15, 0.2) is 16.4 Å². The molecule has 0 bridgehead atoms. The molecule has 1 fully saturated rings. The van der Waals surface area contributed by atoms with Gasteiger partial charge < -0.3 is 16.0 Å². The van der Waals surface area contributed by atoms with Gasteiger partial charge in [-0.2, -0.15) is 0 Å². The van der Waals surface area contributed by atoms with Crippen molar-refractivity contribution in [1.82, 2.24) is 20.9 Å². The highest BCUT2D eigenvalue weighted by molar-refractivity contribution is 14.0. The van der Waals surface area contributed by atoms with Crippen LogP contribution in [-0.4, -0.2) is 49.0 Å². The molecule has 1 aliphatic heterocycles. The van der Waals surface area contributed by atoms with Gasteiger partial charge in [0.1, 0.15) is 0 Å². The predicted octanol–water partition coefficient (Wildman–Crippen LogP) is 1.28. The molecular formula is C14H22IN5O2S. The lowest BCUT2D eigenvalue weighted by atomic mass is 10.3. The van der Waals surface area contributed by atoms with E-state index in [1.54, 1.807) is 11.3 Å². The average molecular weight is 451 g/mol. The summed E-state index contributed by atoms with van der Waals surface area (Å²) >= 11 is 1.69. The maximum atomic E-state index is 11.5. The molecule has 0 atom stereocenters. The van der Waals surface area contributed by atoms with E-state index in [0.717, 1.165) is 6.54 Å². The Bertz CT molecular complexity index is 559. The van der Waals surface area contributed by atoms with Gasteiger partial charge in [-0.15, -0.1) is 35.3 Å². The maximum absolute atomic E-state index is 11.5. The number of carbonyl (C=O) groups excluding carboxylic acids is 2. The number of aliphatic imine (C=N–C) groups is 1. The largest absolute Gasteiger partial charge is 0.357 e. The van der Waals surface area contributed by atoms with Gasteiger partial charge >= 0.3 is 6.03 Å². The second kappa shape index (κ2) is 9.71. The van der Waals surface area contributed by atoms with Gasteiger partial charge in [0.15, 0.2) is 5.96 Å². The Morgan fingerprint density at radius 2 is 2.22 bits per heavy atom. The SMILES string of the molecule is CCNC(=NCc1sccc1C)NCCN1C(=O)CNC1=O.I. The van der Waals surface area contributed by atoms with Crippen LogP contribution in [0.3, 0.4) is 0 Å². The molecule has 7 nitrogen and oxygen atoms in total. The predicted molar refractivity (Wildman–Crippen MR) is 102 cm³/mol. The van der Waals surface area contributed by atoms with E-state index in [1.165, 1.54) is 15.3 Å². The normalized spacial score (nSPS) is 14.5. The second-order valence-corrected chi connectivity index (χ2v) is 5.85. The van der Waals surface area contributed by atoms with E-state index < -0.39 is 0 Å². The van der Waals surface area contributed by atoms with Gasteiger partial charge in [0.2, 0.25) is 5.91 Å². The molecule has 0 aromatic carbocycles. The van der Waals surface area contributed by atoms with Crippen LogP contribution in [0.4, 0.5) is 4.79 Å². The summed E-state index contributed by atoms with van der Waals surface area (Å²) in [6.07, 6.45) is 0. The van der Waals surface area contributed by atoms with Crippen molar-refractivity contribution in [2.45, 2.75) is 20.4 Å². The molecule has 0 saturated carbocycles. The molecule has 0 aliphatic carbocycles. The van der Waals surface area contributed by atoms with E-state index in [-0.39, 0.29) is 42.5 Å². The molecule has 23 heavy (non-hydrogen) atoms. The van der Waals surface area contributed by atoms with Crippen molar-refractivity contribution < 1.29 is 9.59 Å². The van der Waals surface area contributed by atoms with Gasteiger partial charge in [-0.3, -0.25) is 9.69 Å². The van der Waals surface area contributed by atoms with E-state index in [0.29, 0.717) is 25.6 Å². The molecule has 1 aromatic heterocycles. The zero-order chi connectivity index (χ0) is 15.9. The molecule has 1 saturated heterocycles. The van der Waals surface area contributed by atoms with Crippen LogP contribution in [0.25, 0.3) is 0 Å². The Morgan fingerprint density at radius 3 is 2.78 bits per heavy atom. The van der Waals surface area contributed by atoms with Gasteiger partial charge in [0.05, 0.1) is 13.1 Å². The average Bonchev–Trinajstić information content (AvgIpc) is 3.04. The quantitative estimate of drug-likeness (QED) is 0.263. The summed E-state index contributed by atoms with van der Waals surface area (Å²) in [4.78, 5) is 29.9. The highest BCUT2D eigenvalue weighted by atomic mass is 127. The van der Waals surface area contributed by atoms with Crippen molar-refractivity contribution in [3.05, 3.63) is 21.9 Å². The van der Waals surface area contributed by atoms with Gasteiger partial charge in [-0.05, 0) is 30.9 Å². The number of amides is 3. The fraction of sp³-hybridized carbons (Fsp3) is 0.500. The summed E-state index contributed by atoms with van der Waals surface area (Å²) in [5.41, 5.74) is 1.24. The molecule has 3 N–H and O–H groups in total. The zero-order valence-electron chi connectivity index (χ0n) is 13.2. The van der Waals surface area contributed by atoms with Crippen LogP contribution in [0.2, 0.25) is 0 Å². The first-order chi connectivity index (χ1) is 10.6. The van der Waals surface area contributed by atoms with Gasteiger partial charge in [0, 0.05) is 24.5 Å². The number of aryl methyl sites for hydroxylation is 1.